The van der Waals surface area contributed by atoms with Crippen LogP contribution in [0.1, 0.15) is 0 Å². The molecule has 0 atom stereocenters. The van der Waals surface area contributed by atoms with Gasteiger partial charge in [-0.3, -0.25) is 0 Å². The van der Waals surface area contributed by atoms with Gasteiger partial charge in [-0.2, -0.15) is 43.9 Å². The lowest BCUT2D eigenvalue weighted by molar-refractivity contribution is -0.458. The Bertz CT molecular complexity index is 300. The van der Waals surface area contributed by atoms with Crippen molar-refractivity contribution in [3.63, 3.8) is 0 Å². The SMILES string of the molecule is [CH2]C1C(F)(F)C(F)(F)C(F)(F)C(F)(F)C1(F)F. The van der Waals surface area contributed by atoms with Crippen molar-refractivity contribution in [2.45, 2.75) is 29.6 Å². The van der Waals surface area contributed by atoms with E-state index in [9.17, 15) is 43.9 Å². The summed E-state index contributed by atoms with van der Waals surface area (Å²) in [6.45, 7) is 1.77. The molecule has 0 unspecified atom stereocenters. The molecule has 1 saturated carbocycles. The van der Waals surface area contributed by atoms with Gasteiger partial charge in [-0.1, -0.05) is 0 Å². The monoisotopic (exact) mass is 277 g/mol. The van der Waals surface area contributed by atoms with Gasteiger partial charge in [-0.15, -0.1) is 0 Å². The van der Waals surface area contributed by atoms with Gasteiger partial charge in [0.2, 0.25) is 0 Å². The van der Waals surface area contributed by atoms with Crippen LogP contribution in [-0.4, -0.2) is 29.6 Å². The van der Waals surface area contributed by atoms with E-state index in [1.807, 2.05) is 0 Å². The average Bonchev–Trinajstić information content (AvgIpc) is 2.13. The van der Waals surface area contributed by atoms with Gasteiger partial charge in [0.05, 0.1) is 5.92 Å². The predicted octanol–water partition coefficient (Wildman–Crippen LogP) is 3.63. The van der Waals surface area contributed by atoms with Crippen LogP contribution in [-0.2, 0) is 0 Å². The van der Waals surface area contributed by atoms with Crippen LogP contribution in [0.3, 0.4) is 0 Å². The first kappa shape index (κ1) is 14.4. The molecule has 0 saturated heterocycles. The van der Waals surface area contributed by atoms with E-state index < -0.39 is 35.5 Å². The molecular formula is C7H3F10. The molecule has 1 aliphatic carbocycles. The topological polar surface area (TPSA) is 0 Å². The molecule has 0 nitrogen and oxygen atoms in total. The molecule has 0 bridgehead atoms. The molecule has 10 heteroatoms. The highest BCUT2D eigenvalue weighted by atomic mass is 19.4. The second kappa shape index (κ2) is 3.00. The first-order valence-electron chi connectivity index (χ1n) is 3.88. The number of halogens is 10. The Labute approximate surface area is 87.6 Å². The summed E-state index contributed by atoms with van der Waals surface area (Å²) in [5.41, 5.74) is 0. The molecule has 17 heavy (non-hydrogen) atoms. The van der Waals surface area contributed by atoms with Crippen LogP contribution in [0.15, 0.2) is 0 Å². The fourth-order valence-electron chi connectivity index (χ4n) is 1.28. The molecule has 0 aromatic carbocycles. The Morgan fingerprint density at radius 2 is 0.765 bits per heavy atom. The summed E-state index contributed by atoms with van der Waals surface area (Å²) >= 11 is 0. The summed E-state index contributed by atoms with van der Waals surface area (Å²) in [5.74, 6) is -36.5. The molecule has 0 N–H and O–H groups in total. The van der Waals surface area contributed by atoms with Crippen LogP contribution in [0.2, 0.25) is 0 Å². The van der Waals surface area contributed by atoms with Gasteiger partial charge >= 0.3 is 29.6 Å². The highest BCUT2D eigenvalue weighted by Gasteiger charge is 2.94. The molecule has 1 fully saturated rings. The van der Waals surface area contributed by atoms with Gasteiger partial charge in [-0.25, -0.2) is 0 Å². The van der Waals surface area contributed by atoms with Crippen LogP contribution in [0.4, 0.5) is 43.9 Å². The van der Waals surface area contributed by atoms with Crippen molar-refractivity contribution in [3.05, 3.63) is 6.92 Å². The van der Waals surface area contributed by atoms with Crippen molar-refractivity contribution in [2.24, 2.45) is 5.92 Å². The van der Waals surface area contributed by atoms with Crippen molar-refractivity contribution in [3.8, 4) is 0 Å². The molecule has 101 valence electrons. The van der Waals surface area contributed by atoms with E-state index in [1.54, 1.807) is 6.92 Å². The summed E-state index contributed by atoms with van der Waals surface area (Å²) in [5, 5.41) is 0. The molecule has 0 aliphatic heterocycles. The Morgan fingerprint density at radius 1 is 0.529 bits per heavy atom. The van der Waals surface area contributed by atoms with Crippen molar-refractivity contribution < 1.29 is 43.9 Å². The Morgan fingerprint density at radius 3 is 1.00 bits per heavy atom. The normalized spacial score (nSPS) is 33.4. The lowest BCUT2D eigenvalue weighted by Gasteiger charge is -2.48. The summed E-state index contributed by atoms with van der Waals surface area (Å²) in [6.07, 6.45) is 0. The van der Waals surface area contributed by atoms with Crippen molar-refractivity contribution >= 4 is 0 Å². The lowest BCUT2D eigenvalue weighted by atomic mass is 9.75. The van der Waals surface area contributed by atoms with E-state index in [2.05, 4.69) is 0 Å². The highest BCUT2D eigenvalue weighted by Crippen LogP contribution is 2.66. The highest BCUT2D eigenvalue weighted by molar-refractivity contribution is 5.19. The van der Waals surface area contributed by atoms with Crippen LogP contribution < -0.4 is 0 Å². The first-order valence-corrected chi connectivity index (χ1v) is 3.88. The molecule has 0 aromatic rings. The maximum absolute atomic E-state index is 12.6. The number of rotatable bonds is 0. The molecule has 0 heterocycles. The van der Waals surface area contributed by atoms with E-state index >= 15 is 0 Å². The lowest BCUT2D eigenvalue weighted by Crippen LogP contribution is -2.77. The van der Waals surface area contributed by atoms with Crippen LogP contribution in [0.5, 0.6) is 0 Å². The molecule has 0 amide bonds. The van der Waals surface area contributed by atoms with Gasteiger partial charge < -0.3 is 0 Å². The average molecular weight is 277 g/mol. The fourth-order valence-corrected chi connectivity index (χ4v) is 1.28. The fraction of sp³-hybridized carbons (Fsp3) is 0.857. The largest absolute Gasteiger partial charge is 0.384 e. The van der Waals surface area contributed by atoms with Crippen molar-refractivity contribution in [1.82, 2.24) is 0 Å². The third-order valence-electron chi connectivity index (χ3n) is 2.50. The molecule has 1 rings (SSSR count). The molecule has 1 radical (unpaired) electrons. The number of alkyl halides is 10. The van der Waals surface area contributed by atoms with Crippen molar-refractivity contribution in [2.75, 3.05) is 0 Å². The molecule has 0 spiro atoms. The Hall–Kier alpha value is -0.700. The minimum absolute atomic E-state index is 1.77. The minimum Gasteiger partial charge on any atom is -0.199 e. The van der Waals surface area contributed by atoms with Gasteiger partial charge in [-0.05, 0) is 6.92 Å². The number of hydrogen-bond donors (Lipinski definition) is 0. The third-order valence-corrected chi connectivity index (χ3v) is 2.50. The smallest absolute Gasteiger partial charge is 0.199 e. The quantitative estimate of drug-likeness (QED) is 0.593. The van der Waals surface area contributed by atoms with E-state index in [4.69, 9.17) is 0 Å². The zero-order valence-corrected chi connectivity index (χ0v) is 7.56. The van der Waals surface area contributed by atoms with E-state index in [0.29, 0.717) is 0 Å². The van der Waals surface area contributed by atoms with E-state index in [-0.39, 0.29) is 0 Å². The maximum Gasteiger partial charge on any atom is 0.384 e. The van der Waals surface area contributed by atoms with E-state index in [1.165, 1.54) is 0 Å². The van der Waals surface area contributed by atoms with Gasteiger partial charge in [0, 0.05) is 0 Å². The zero-order valence-electron chi connectivity index (χ0n) is 7.56. The molecular weight excluding hydrogens is 274 g/mol. The Kier molecular flexibility index (Phi) is 2.53. The predicted molar refractivity (Wildman–Crippen MR) is 33.6 cm³/mol. The minimum atomic E-state index is -6.89. The van der Waals surface area contributed by atoms with Crippen LogP contribution in [0.25, 0.3) is 0 Å². The van der Waals surface area contributed by atoms with Crippen molar-refractivity contribution in [1.29, 1.82) is 0 Å². The van der Waals surface area contributed by atoms with E-state index in [0.717, 1.165) is 0 Å². The summed E-state index contributed by atoms with van der Waals surface area (Å²) in [4.78, 5) is 0. The second-order valence-corrected chi connectivity index (χ2v) is 3.52. The van der Waals surface area contributed by atoms with Gasteiger partial charge in [0.25, 0.3) is 0 Å². The zero-order chi connectivity index (χ0) is 14.1. The maximum atomic E-state index is 12.6. The molecule has 0 aromatic heterocycles. The molecule has 1 aliphatic rings. The summed E-state index contributed by atoms with van der Waals surface area (Å²) in [6, 6.07) is 0. The van der Waals surface area contributed by atoms with Crippen LogP contribution >= 0.6 is 0 Å². The second-order valence-electron chi connectivity index (χ2n) is 3.52. The van der Waals surface area contributed by atoms with Gasteiger partial charge in [0.15, 0.2) is 0 Å². The summed E-state index contributed by atoms with van der Waals surface area (Å²) in [7, 11) is 0. The first-order chi connectivity index (χ1) is 7.15. The number of hydrogen-bond acceptors (Lipinski definition) is 0. The standard InChI is InChI=1S/C7H3F10/c1-2-3(8,9)5(12,13)7(16,17)6(14,15)4(2,10)11/h2H,1H2. The van der Waals surface area contributed by atoms with Gasteiger partial charge in [0.1, 0.15) is 0 Å². The van der Waals surface area contributed by atoms with Crippen LogP contribution in [0, 0.1) is 12.8 Å². The Balaban J connectivity index is 3.56. The summed E-state index contributed by atoms with van der Waals surface area (Å²) < 4.78 is 125. The third kappa shape index (κ3) is 1.21.